The Balaban J connectivity index is 0.000000355. The molecule has 4 rings (SSSR count). The zero-order valence-electron chi connectivity index (χ0n) is 18.0. The summed E-state index contributed by atoms with van der Waals surface area (Å²) in [6, 6.07) is 14.1. The minimum absolute atomic E-state index is 0. The average molecular weight is 442 g/mol. The molecule has 0 aliphatic heterocycles. The molecule has 0 spiro atoms. The number of nitrogens with zero attached hydrogens (tertiary/aromatic N) is 2. The predicted molar refractivity (Wildman–Crippen MR) is 129 cm³/mol. The van der Waals surface area contributed by atoms with Gasteiger partial charge in [0.1, 0.15) is 5.75 Å². The fraction of sp³-hybridized carbons (Fsp3) is 0.208. The van der Waals surface area contributed by atoms with E-state index in [4.69, 9.17) is 9.88 Å². The van der Waals surface area contributed by atoms with Crippen molar-refractivity contribution >= 4 is 16.1 Å². The Labute approximate surface area is 186 Å². The maximum atomic E-state index is 10.9. The lowest BCUT2D eigenvalue weighted by atomic mass is 10.1. The fourth-order valence-electron chi connectivity index (χ4n) is 3.25. The highest BCUT2D eigenvalue weighted by Crippen LogP contribution is 2.25. The second-order valence-electron chi connectivity index (χ2n) is 6.87. The first kappa shape index (κ1) is 24.1. The third kappa shape index (κ3) is 7.24. The maximum Gasteiger partial charge on any atom is 0.231 e. The molecule has 0 bridgehead atoms. The van der Waals surface area contributed by atoms with Gasteiger partial charge >= 0.3 is 0 Å². The molecule has 7 heteroatoms. The molecule has 0 amide bonds. The summed E-state index contributed by atoms with van der Waals surface area (Å²) in [5.41, 5.74) is 5.53. The van der Waals surface area contributed by atoms with Crippen molar-refractivity contribution in [2.75, 3.05) is 7.11 Å². The van der Waals surface area contributed by atoms with Crippen LogP contribution in [0.2, 0.25) is 0 Å². The number of nitrogens with two attached hydrogens (primary N) is 1. The lowest BCUT2D eigenvalue weighted by Crippen LogP contribution is -2.06. The van der Waals surface area contributed by atoms with Gasteiger partial charge in [0.2, 0.25) is 10.0 Å². The second kappa shape index (κ2) is 11.3. The number of aromatic nitrogens is 2. The molecule has 6 nitrogen and oxygen atoms in total. The molecule has 1 aliphatic carbocycles. The number of fused-ring (bicyclic) bond motifs is 1. The summed E-state index contributed by atoms with van der Waals surface area (Å²) in [7, 11) is -2.09. The molecule has 1 aromatic heterocycles. The van der Waals surface area contributed by atoms with E-state index in [-0.39, 0.29) is 1.43 Å². The minimum Gasteiger partial charge on any atom is -0.495 e. The molecule has 0 fully saturated rings. The summed E-state index contributed by atoms with van der Waals surface area (Å²) >= 11 is 0. The summed E-state index contributed by atoms with van der Waals surface area (Å²) in [6.07, 6.45) is 8.94. The van der Waals surface area contributed by atoms with Crippen LogP contribution in [0.25, 0.3) is 11.8 Å². The van der Waals surface area contributed by atoms with Gasteiger partial charge in [-0.2, -0.15) is 0 Å². The van der Waals surface area contributed by atoms with Gasteiger partial charge in [-0.15, -0.1) is 13.2 Å². The van der Waals surface area contributed by atoms with Crippen molar-refractivity contribution < 1.29 is 14.6 Å². The van der Waals surface area contributed by atoms with Crippen molar-refractivity contribution in [1.29, 1.82) is 0 Å². The van der Waals surface area contributed by atoms with Crippen molar-refractivity contribution in [2.24, 2.45) is 5.14 Å². The van der Waals surface area contributed by atoms with Crippen LogP contribution in [0.1, 0.15) is 30.2 Å². The fourth-order valence-corrected chi connectivity index (χ4v) is 3.60. The van der Waals surface area contributed by atoms with Crippen LogP contribution in [0.4, 0.5) is 0 Å². The van der Waals surface area contributed by atoms with E-state index in [0.717, 1.165) is 16.8 Å². The largest absolute Gasteiger partial charge is 0.495 e. The number of sulfonamides is 1. The van der Waals surface area contributed by atoms with Gasteiger partial charge in [0.05, 0.1) is 24.8 Å². The molecule has 0 unspecified atom stereocenters. The standard InChI is InChI=1S/C13H15N3O3S.C9H10.C2H4.H2/c1-10-8-16(9-15-10)12-4-3-11(7-13(12)19-2)5-6-20(14,17)18;1-2-5-9-7-3-6-8(9)4-1;1-2;/h3-9H,1-2H3,(H2,14,17,18);1-2,4-5H,3,6-7H2;1-2H2;1H/b6-5+;;;. The van der Waals surface area contributed by atoms with Crippen molar-refractivity contribution in [3.8, 4) is 11.4 Å². The van der Waals surface area contributed by atoms with Gasteiger partial charge in [-0.1, -0.05) is 30.3 Å². The molecular weight excluding hydrogens is 410 g/mol. The molecule has 0 saturated heterocycles. The van der Waals surface area contributed by atoms with E-state index in [2.05, 4.69) is 42.4 Å². The third-order valence-electron chi connectivity index (χ3n) is 4.65. The number of aryl methyl sites for hydroxylation is 3. The van der Waals surface area contributed by atoms with Gasteiger partial charge < -0.3 is 9.30 Å². The number of ether oxygens (including phenoxy) is 1. The Morgan fingerprint density at radius 2 is 1.81 bits per heavy atom. The lowest BCUT2D eigenvalue weighted by molar-refractivity contribution is 0.413. The van der Waals surface area contributed by atoms with Crippen LogP contribution < -0.4 is 9.88 Å². The molecule has 1 aliphatic rings. The molecular formula is C24H31N3O3S. The Morgan fingerprint density at radius 1 is 1.16 bits per heavy atom. The van der Waals surface area contributed by atoms with E-state index in [0.29, 0.717) is 11.3 Å². The topological polar surface area (TPSA) is 87.2 Å². The van der Waals surface area contributed by atoms with Crippen molar-refractivity contribution in [3.63, 3.8) is 0 Å². The van der Waals surface area contributed by atoms with E-state index in [1.54, 1.807) is 36.7 Å². The number of hydrogen-bond donors (Lipinski definition) is 1. The molecule has 1 heterocycles. The van der Waals surface area contributed by atoms with Gasteiger partial charge in [0.15, 0.2) is 0 Å². The van der Waals surface area contributed by atoms with Crippen LogP contribution in [-0.2, 0) is 22.9 Å². The summed E-state index contributed by atoms with van der Waals surface area (Å²) in [5, 5.41) is 5.87. The number of rotatable bonds is 4. The lowest BCUT2D eigenvalue weighted by Gasteiger charge is -2.09. The highest BCUT2D eigenvalue weighted by atomic mass is 32.2. The molecule has 2 aromatic carbocycles. The monoisotopic (exact) mass is 441 g/mol. The second-order valence-corrected chi connectivity index (χ2v) is 8.32. The number of imidazole rings is 1. The van der Waals surface area contributed by atoms with Crippen molar-refractivity contribution in [2.45, 2.75) is 26.2 Å². The van der Waals surface area contributed by atoms with Crippen LogP contribution in [0.5, 0.6) is 5.75 Å². The normalized spacial score (nSPS) is 12.4. The van der Waals surface area contributed by atoms with Gasteiger partial charge in [0, 0.05) is 13.0 Å². The highest BCUT2D eigenvalue weighted by molar-refractivity contribution is 7.92. The SMILES string of the molecule is C=C.COc1cc(/C=C/S(N)(=O)=O)ccc1-n1cnc(C)c1.[HH].c1ccc2c(c1)CCC2. The van der Waals surface area contributed by atoms with Crippen LogP contribution in [0.3, 0.4) is 0 Å². The molecule has 2 N–H and O–H groups in total. The molecule has 0 saturated carbocycles. The van der Waals surface area contributed by atoms with Crippen LogP contribution in [-0.4, -0.2) is 25.1 Å². The zero-order chi connectivity index (χ0) is 22.9. The van der Waals surface area contributed by atoms with E-state index >= 15 is 0 Å². The van der Waals surface area contributed by atoms with Crippen LogP contribution in [0, 0.1) is 6.92 Å². The molecule has 0 radical (unpaired) electrons. The predicted octanol–water partition coefficient (Wildman–Crippen LogP) is 4.67. The third-order valence-corrected chi connectivity index (χ3v) is 5.17. The van der Waals surface area contributed by atoms with Crippen LogP contribution >= 0.6 is 0 Å². The summed E-state index contributed by atoms with van der Waals surface area (Å²) in [5.74, 6) is 0.610. The van der Waals surface area contributed by atoms with E-state index in [1.165, 1.54) is 25.3 Å². The van der Waals surface area contributed by atoms with Crippen molar-refractivity contribution in [1.82, 2.24) is 9.55 Å². The molecule has 166 valence electrons. The van der Waals surface area contributed by atoms with E-state index in [9.17, 15) is 8.42 Å². The average Bonchev–Trinajstić information content (AvgIpc) is 3.42. The van der Waals surface area contributed by atoms with Gasteiger partial charge in [0.25, 0.3) is 0 Å². The molecule has 31 heavy (non-hydrogen) atoms. The Kier molecular flexibility index (Phi) is 8.78. The number of primary sulfonamides is 1. The summed E-state index contributed by atoms with van der Waals surface area (Å²) in [4.78, 5) is 4.16. The minimum atomic E-state index is -3.64. The zero-order valence-corrected chi connectivity index (χ0v) is 18.8. The summed E-state index contributed by atoms with van der Waals surface area (Å²) < 4.78 is 28.9. The first-order valence-electron chi connectivity index (χ1n) is 9.82. The van der Waals surface area contributed by atoms with Gasteiger partial charge in [-0.05, 0) is 61.1 Å². The first-order chi connectivity index (χ1) is 14.9. The Bertz CT molecular complexity index is 1120. The van der Waals surface area contributed by atoms with E-state index < -0.39 is 10.0 Å². The Hall–Kier alpha value is -3.16. The quantitative estimate of drug-likeness (QED) is 0.596. The smallest absolute Gasteiger partial charge is 0.231 e. The van der Waals surface area contributed by atoms with Gasteiger partial charge in [-0.25, -0.2) is 18.5 Å². The van der Waals surface area contributed by atoms with E-state index in [1.807, 2.05) is 23.8 Å². The maximum absolute atomic E-state index is 10.9. The molecule has 3 aromatic rings. The first-order valence-corrected chi connectivity index (χ1v) is 11.4. The van der Waals surface area contributed by atoms with Crippen molar-refractivity contribution in [3.05, 3.63) is 95.9 Å². The Morgan fingerprint density at radius 3 is 2.32 bits per heavy atom. The molecule has 0 atom stereocenters. The highest BCUT2D eigenvalue weighted by Gasteiger charge is 2.08. The van der Waals surface area contributed by atoms with Crippen LogP contribution in [0.15, 0.2) is 73.6 Å². The number of benzene rings is 2. The summed E-state index contributed by atoms with van der Waals surface area (Å²) in [6.45, 7) is 7.90. The number of hydrogen-bond acceptors (Lipinski definition) is 4. The number of methoxy groups -OCH3 is 1. The van der Waals surface area contributed by atoms with Gasteiger partial charge in [-0.3, -0.25) is 0 Å².